The molecule has 0 aliphatic heterocycles. The van der Waals surface area contributed by atoms with E-state index in [0.29, 0.717) is 6.42 Å². The minimum absolute atomic E-state index is 0.209. The molecule has 0 radical (unpaired) electrons. The zero-order valence-corrected chi connectivity index (χ0v) is 13.6. The molecule has 4 heteroatoms. The third-order valence-electron chi connectivity index (χ3n) is 4.20. The van der Waals surface area contributed by atoms with Crippen molar-refractivity contribution in [3.63, 3.8) is 0 Å². The van der Waals surface area contributed by atoms with Gasteiger partial charge in [0, 0.05) is 18.8 Å². The van der Waals surface area contributed by atoms with Crippen LogP contribution in [0.1, 0.15) is 36.3 Å². The molecule has 0 aliphatic carbocycles. The first-order chi connectivity index (χ1) is 11.1. The lowest BCUT2D eigenvalue weighted by Gasteiger charge is -2.18. The quantitative estimate of drug-likeness (QED) is 0.735. The van der Waals surface area contributed by atoms with E-state index in [2.05, 4.69) is 34.6 Å². The molecular formula is C19H23N3O. The Balaban J connectivity index is 1.60. The van der Waals surface area contributed by atoms with Gasteiger partial charge in [-0.1, -0.05) is 36.4 Å². The Bertz CT molecular complexity index is 767. The Morgan fingerprint density at radius 2 is 1.96 bits per heavy atom. The van der Waals surface area contributed by atoms with E-state index >= 15 is 0 Å². The Hall–Kier alpha value is -2.17. The molecule has 0 amide bonds. The van der Waals surface area contributed by atoms with Crippen LogP contribution in [0.15, 0.2) is 54.9 Å². The Morgan fingerprint density at radius 1 is 1.17 bits per heavy atom. The van der Waals surface area contributed by atoms with Crippen LogP contribution in [0.4, 0.5) is 0 Å². The maximum absolute atomic E-state index is 10.3. The summed E-state index contributed by atoms with van der Waals surface area (Å²) in [6.45, 7) is 4.90. The van der Waals surface area contributed by atoms with E-state index in [4.69, 9.17) is 0 Å². The fourth-order valence-corrected chi connectivity index (χ4v) is 2.84. The molecule has 0 saturated heterocycles. The molecule has 0 bridgehead atoms. The Labute approximate surface area is 136 Å². The highest BCUT2D eigenvalue weighted by Gasteiger charge is 2.13. The topological polar surface area (TPSA) is 49.6 Å². The minimum atomic E-state index is -0.442. The number of aromatic nitrogens is 2. The average Bonchev–Trinajstić information content (AvgIpc) is 2.98. The van der Waals surface area contributed by atoms with Crippen molar-refractivity contribution in [3.05, 3.63) is 71.7 Å². The molecule has 0 spiro atoms. The van der Waals surface area contributed by atoms with Crippen LogP contribution in [0.25, 0.3) is 5.65 Å². The second-order valence-corrected chi connectivity index (χ2v) is 6.08. The largest absolute Gasteiger partial charge is 0.388 e. The molecule has 23 heavy (non-hydrogen) atoms. The van der Waals surface area contributed by atoms with Crippen LogP contribution in [0, 0.1) is 6.92 Å². The lowest BCUT2D eigenvalue weighted by molar-refractivity contribution is 0.153. The van der Waals surface area contributed by atoms with Crippen LogP contribution in [-0.4, -0.2) is 20.5 Å². The summed E-state index contributed by atoms with van der Waals surface area (Å²) in [5, 5.41) is 13.8. The van der Waals surface area contributed by atoms with Crippen molar-refractivity contribution >= 4 is 5.65 Å². The Kier molecular flexibility index (Phi) is 4.74. The van der Waals surface area contributed by atoms with Gasteiger partial charge in [-0.2, -0.15) is 0 Å². The molecule has 4 nitrogen and oxygen atoms in total. The standard InChI is InChI=1S/C19H23N3O/c1-14-7-6-10-22-17(13-21-19(14)22)12-20-15(2)11-18(23)16-8-4-3-5-9-16/h3-10,13,15,18,20,23H,11-12H2,1-2H3. The number of hydrogen-bond acceptors (Lipinski definition) is 3. The molecule has 2 N–H and O–H groups in total. The van der Waals surface area contributed by atoms with Gasteiger partial charge in [0.2, 0.25) is 0 Å². The first-order valence-electron chi connectivity index (χ1n) is 8.03. The van der Waals surface area contributed by atoms with Gasteiger partial charge in [-0.25, -0.2) is 4.98 Å². The molecule has 1 aromatic carbocycles. The second kappa shape index (κ2) is 6.94. The summed E-state index contributed by atoms with van der Waals surface area (Å²) in [5.74, 6) is 0. The van der Waals surface area contributed by atoms with E-state index in [-0.39, 0.29) is 6.04 Å². The van der Waals surface area contributed by atoms with Crippen molar-refractivity contribution in [2.75, 3.05) is 0 Å². The summed E-state index contributed by atoms with van der Waals surface area (Å²) in [7, 11) is 0. The molecule has 0 aliphatic rings. The molecule has 2 heterocycles. The van der Waals surface area contributed by atoms with Gasteiger partial charge in [-0.05, 0) is 37.5 Å². The number of pyridine rings is 1. The molecule has 3 aromatic rings. The zero-order valence-electron chi connectivity index (χ0n) is 13.6. The van der Waals surface area contributed by atoms with Gasteiger partial charge >= 0.3 is 0 Å². The van der Waals surface area contributed by atoms with Crippen molar-refractivity contribution < 1.29 is 5.11 Å². The fourth-order valence-electron chi connectivity index (χ4n) is 2.84. The number of imidazole rings is 1. The van der Waals surface area contributed by atoms with Gasteiger partial charge < -0.3 is 14.8 Å². The molecule has 3 rings (SSSR count). The number of aryl methyl sites for hydroxylation is 1. The molecule has 2 unspecified atom stereocenters. The number of hydrogen-bond donors (Lipinski definition) is 2. The van der Waals surface area contributed by atoms with Crippen molar-refractivity contribution in [2.24, 2.45) is 0 Å². The van der Waals surface area contributed by atoms with Crippen molar-refractivity contribution in [1.82, 2.24) is 14.7 Å². The number of benzene rings is 1. The summed E-state index contributed by atoms with van der Waals surface area (Å²) in [6.07, 6.45) is 4.19. The van der Waals surface area contributed by atoms with E-state index in [1.807, 2.05) is 48.8 Å². The van der Waals surface area contributed by atoms with Crippen molar-refractivity contribution in [2.45, 2.75) is 39.0 Å². The van der Waals surface area contributed by atoms with E-state index in [9.17, 15) is 5.11 Å². The normalized spacial score (nSPS) is 14.0. The maximum Gasteiger partial charge on any atom is 0.139 e. The van der Waals surface area contributed by atoms with Gasteiger partial charge in [0.15, 0.2) is 0 Å². The summed E-state index contributed by atoms with van der Waals surface area (Å²) >= 11 is 0. The smallest absolute Gasteiger partial charge is 0.139 e. The van der Waals surface area contributed by atoms with Gasteiger partial charge in [-0.3, -0.25) is 0 Å². The highest BCUT2D eigenvalue weighted by molar-refractivity contribution is 5.48. The van der Waals surface area contributed by atoms with E-state index in [1.54, 1.807) is 0 Å². The predicted octanol–water partition coefficient (Wildman–Crippen LogP) is 3.24. The fraction of sp³-hybridized carbons (Fsp3) is 0.316. The van der Waals surface area contributed by atoms with E-state index in [0.717, 1.165) is 23.4 Å². The lowest BCUT2D eigenvalue weighted by Crippen LogP contribution is -2.27. The number of nitrogens with zero attached hydrogens (tertiary/aromatic N) is 2. The van der Waals surface area contributed by atoms with Crippen LogP contribution in [0.5, 0.6) is 0 Å². The highest BCUT2D eigenvalue weighted by Crippen LogP contribution is 2.18. The number of rotatable bonds is 6. The Morgan fingerprint density at radius 3 is 2.74 bits per heavy atom. The average molecular weight is 309 g/mol. The molecule has 2 aromatic heterocycles. The van der Waals surface area contributed by atoms with Crippen LogP contribution >= 0.6 is 0 Å². The molecule has 120 valence electrons. The highest BCUT2D eigenvalue weighted by atomic mass is 16.3. The van der Waals surface area contributed by atoms with Crippen molar-refractivity contribution in [1.29, 1.82) is 0 Å². The van der Waals surface area contributed by atoms with E-state index in [1.165, 1.54) is 5.56 Å². The van der Waals surface area contributed by atoms with Gasteiger partial charge in [0.25, 0.3) is 0 Å². The van der Waals surface area contributed by atoms with E-state index < -0.39 is 6.10 Å². The number of nitrogens with one attached hydrogen (secondary N) is 1. The number of aliphatic hydroxyl groups excluding tert-OH is 1. The maximum atomic E-state index is 10.3. The molecule has 0 fully saturated rings. The van der Waals surface area contributed by atoms with Crippen LogP contribution < -0.4 is 5.32 Å². The predicted molar refractivity (Wildman–Crippen MR) is 92.2 cm³/mol. The monoisotopic (exact) mass is 309 g/mol. The summed E-state index contributed by atoms with van der Waals surface area (Å²) in [4.78, 5) is 4.48. The molecular weight excluding hydrogens is 286 g/mol. The van der Waals surface area contributed by atoms with Crippen molar-refractivity contribution in [3.8, 4) is 0 Å². The first-order valence-corrected chi connectivity index (χ1v) is 8.03. The minimum Gasteiger partial charge on any atom is -0.388 e. The third kappa shape index (κ3) is 3.60. The summed E-state index contributed by atoms with van der Waals surface area (Å²) in [6, 6.07) is 14.1. The first kappa shape index (κ1) is 15.7. The summed E-state index contributed by atoms with van der Waals surface area (Å²) < 4.78 is 2.11. The number of aliphatic hydroxyl groups is 1. The summed E-state index contributed by atoms with van der Waals surface area (Å²) in [5.41, 5.74) is 4.27. The number of fused-ring (bicyclic) bond motifs is 1. The lowest BCUT2D eigenvalue weighted by atomic mass is 10.0. The second-order valence-electron chi connectivity index (χ2n) is 6.08. The SMILES string of the molecule is Cc1cccn2c(CNC(C)CC(O)c3ccccc3)cnc12. The third-order valence-corrected chi connectivity index (χ3v) is 4.20. The van der Waals surface area contributed by atoms with Crippen LogP contribution in [-0.2, 0) is 6.54 Å². The van der Waals surface area contributed by atoms with Gasteiger partial charge in [0.05, 0.1) is 18.0 Å². The van der Waals surface area contributed by atoms with Crippen LogP contribution in [0.3, 0.4) is 0 Å². The molecule has 2 atom stereocenters. The van der Waals surface area contributed by atoms with Gasteiger partial charge in [0.1, 0.15) is 5.65 Å². The van der Waals surface area contributed by atoms with Gasteiger partial charge in [-0.15, -0.1) is 0 Å². The van der Waals surface area contributed by atoms with Crippen LogP contribution in [0.2, 0.25) is 0 Å². The zero-order chi connectivity index (χ0) is 16.2. The molecule has 0 saturated carbocycles.